The average Bonchev–Trinajstić information content (AvgIpc) is 3.14. The van der Waals surface area contributed by atoms with Gasteiger partial charge in [0.05, 0.1) is 13.7 Å². The predicted octanol–water partition coefficient (Wildman–Crippen LogP) is 3.00. The molecule has 0 bridgehead atoms. The summed E-state index contributed by atoms with van der Waals surface area (Å²) in [5.74, 6) is 0.0827. The number of ether oxygens (including phenoxy) is 1. The van der Waals surface area contributed by atoms with Crippen molar-refractivity contribution < 1.29 is 27.5 Å². The number of rotatable bonds is 3. The highest BCUT2D eigenvalue weighted by Crippen LogP contribution is 2.43. The van der Waals surface area contributed by atoms with Gasteiger partial charge in [0, 0.05) is 6.20 Å². The van der Waals surface area contributed by atoms with Crippen LogP contribution in [0.4, 0.5) is 18.0 Å². The van der Waals surface area contributed by atoms with E-state index >= 15 is 0 Å². The van der Waals surface area contributed by atoms with Gasteiger partial charge >= 0.3 is 12.2 Å². The van der Waals surface area contributed by atoms with Crippen molar-refractivity contribution >= 4 is 11.9 Å². The standard InChI is InChI=1S/C19H16F3N3O3/c1-28-13-3-2-12-4-6-18(14(12)9-13)16(26)25(17(27)24-18)10-11-5-7-23-15(8-11)19(20,21)22/h2-3,5,7-9H,4,6,10H2,1H3,(H,24,27). The van der Waals surface area contributed by atoms with Crippen LogP contribution in [0.25, 0.3) is 0 Å². The van der Waals surface area contributed by atoms with Crippen LogP contribution in [0, 0.1) is 0 Å². The van der Waals surface area contributed by atoms with Gasteiger partial charge < -0.3 is 10.1 Å². The van der Waals surface area contributed by atoms with Gasteiger partial charge in [-0.1, -0.05) is 6.07 Å². The minimum Gasteiger partial charge on any atom is -0.497 e. The third kappa shape index (κ3) is 2.78. The smallest absolute Gasteiger partial charge is 0.433 e. The summed E-state index contributed by atoms with van der Waals surface area (Å²) < 4.78 is 43.9. The predicted molar refractivity (Wildman–Crippen MR) is 91.3 cm³/mol. The molecule has 1 atom stereocenters. The Morgan fingerprint density at radius 3 is 2.75 bits per heavy atom. The molecule has 1 fully saturated rings. The van der Waals surface area contributed by atoms with Crippen LogP contribution in [-0.2, 0) is 29.5 Å². The average molecular weight is 391 g/mol. The Labute approximate surface area is 158 Å². The van der Waals surface area contributed by atoms with Gasteiger partial charge in [0.15, 0.2) is 0 Å². The SMILES string of the molecule is COc1ccc2c(c1)C1(CC2)NC(=O)N(Cc2ccnc(C(F)(F)F)c2)C1=O. The molecule has 0 saturated carbocycles. The molecule has 9 heteroatoms. The molecular weight excluding hydrogens is 375 g/mol. The summed E-state index contributed by atoms with van der Waals surface area (Å²) in [6.45, 7) is -0.267. The molecule has 0 radical (unpaired) electrons. The molecule has 2 aromatic rings. The number of halogens is 3. The van der Waals surface area contributed by atoms with Crippen LogP contribution in [0.2, 0.25) is 0 Å². The third-order valence-corrected chi connectivity index (χ3v) is 5.18. The van der Waals surface area contributed by atoms with Gasteiger partial charge in [0.2, 0.25) is 0 Å². The molecule has 3 amide bonds. The lowest BCUT2D eigenvalue weighted by atomic mass is 9.91. The number of hydrogen-bond donors (Lipinski definition) is 1. The number of imide groups is 1. The Morgan fingerprint density at radius 1 is 1.25 bits per heavy atom. The van der Waals surface area contributed by atoms with Crippen molar-refractivity contribution in [3.8, 4) is 5.75 Å². The maximum Gasteiger partial charge on any atom is 0.433 e. The number of pyridine rings is 1. The monoisotopic (exact) mass is 391 g/mol. The summed E-state index contributed by atoms with van der Waals surface area (Å²) in [6.07, 6.45) is -2.59. The molecule has 1 N–H and O–H groups in total. The number of methoxy groups -OCH3 is 1. The number of aromatic nitrogens is 1. The summed E-state index contributed by atoms with van der Waals surface area (Å²) in [4.78, 5) is 29.9. The highest BCUT2D eigenvalue weighted by atomic mass is 19.4. The van der Waals surface area contributed by atoms with Gasteiger partial charge in [0.1, 0.15) is 17.0 Å². The highest BCUT2D eigenvalue weighted by Gasteiger charge is 2.55. The van der Waals surface area contributed by atoms with Crippen molar-refractivity contribution in [3.05, 3.63) is 58.9 Å². The Morgan fingerprint density at radius 2 is 2.04 bits per heavy atom. The van der Waals surface area contributed by atoms with E-state index in [0.717, 1.165) is 22.7 Å². The second-order valence-corrected chi connectivity index (χ2v) is 6.80. The van der Waals surface area contributed by atoms with E-state index in [4.69, 9.17) is 4.74 Å². The molecule has 2 heterocycles. The molecule has 1 saturated heterocycles. The summed E-state index contributed by atoms with van der Waals surface area (Å²) >= 11 is 0. The summed E-state index contributed by atoms with van der Waals surface area (Å²) in [5.41, 5.74) is -0.506. The van der Waals surface area contributed by atoms with Crippen LogP contribution >= 0.6 is 0 Å². The maximum atomic E-state index is 13.2. The van der Waals surface area contributed by atoms with E-state index in [1.54, 1.807) is 12.1 Å². The summed E-state index contributed by atoms with van der Waals surface area (Å²) in [7, 11) is 1.51. The van der Waals surface area contributed by atoms with E-state index in [-0.39, 0.29) is 12.1 Å². The number of hydrogen-bond acceptors (Lipinski definition) is 4. The lowest BCUT2D eigenvalue weighted by Crippen LogP contribution is -2.41. The first-order chi connectivity index (χ1) is 13.2. The Bertz CT molecular complexity index is 976. The maximum absolute atomic E-state index is 13.2. The van der Waals surface area contributed by atoms with Crippen molar-refractivity contribution in [2.24, 2.45) is 0 Å². The van der Waals surface area contributed by atoms with Gasteiger partial charge in [-0.2, -0.15) is 13.2 Å². The molecule has 2 aliphatic rings. The quantitative estimate of drug-likeness (QED) is 0.817. The first kappa shape index (κ1) is 18.3. The first-order valence-electron chi connectivity index (χ1n) is 8.58. The zero-order valence-electron chi connectivity index (χ0n) is 14.8. The number of urea groups is 1. The molecule has 1 aliphatic heterocycles. The Hall–Kier alpha value is -3.10. The molecule has 1 unspecified atom stereocenters. The van der Waals surface area contributed by atoms with E-state index in [1.807, 2.05) is 6.07 Å². The van der Waals surface area contributed by atoms with Gasteiger partial charge in [-0.3, -0.25) is 14.7 Å². The van der Waals surface area contributed by atoms with Gasteiger partial charge in [-0.25, -0.2) is 4.79 Å². The van der Waals surface area contributed by atoms with Gasteiger partial charge in [-0.15, -0.1) is 0 Å². The molecular formula is C19H16F3N3O3. The second kappa shape index (κ2) is 6.22. The Kier molecular flexibility index (Phi) is 4.06. The number of aryl methyl sites for hydroxylation is 1. The molecule has 28 heavy (non-hydrogen) atoms. The number of nitrogens with zero attached hydrogens (tertiary/aromatic N) is 2. The lowest BCUT2D eigenvalue weighted by molar-refractivity contribution is -0.141. The summed E-state index contributed by atoms with van der Waals surface area (Å²) in [6, 6.07) is 6.92. The molecule has 146 valence electrons. The summed E-state index contributed by atoms with van der Waals surface area (Å²) in [5, 5.41) is 2.75. The lowest BCUT2D eigenvalue weighted by Gasteiger charge is -2.23. The largest absolute Gasteiger partial charge is 0.497 e. The van der Waals surface area contributed by atoms with Crippen LogP contribution in [0.3, 0.4) is 0 Å². The minimum atomic E-state index is -4.60. The minimum absolute atomic E-state index is 0.173. The molecule has 1 aliphatic carbocycles. The highest BCUT2D eigenvalue weighted by molar-refractivity contribution is 6.08. The van der Waals surface area contributed by atoms with Crippen molar-refractivity contribution in [1.29, 1.82) is 0 Å². The van der Waals surface area contributed by atoms with Gasteiger partial charge in [-0.05, 0) is 53.8 Å². The van der Waals surface area contributed by atoms with E-state index in [2.05, 4.69) is 10.3 Å². The fourth-order valence-corrected chi connectivity index (χ4v) is 3.79. The number of amides is 3. The number of nitrogens with one attached hydrogen (secondary N) is 1. The van der Waals surface area contributed by atoms with Gasteiger partial charge in [0.25, 0.3) is 5.91 Å². The number of fused-ring (bicyclic) bond motifs is 2. The Balaban J connectivity index is 1.65. The van der Waals surface area contributed by atoms with E-state index in [9.17, 15) is 22.8 Å². The van der Waals surface area contributed by atoms with Crippen LogP contribution in [0.5, 0.6) is 5.75 Å². The normalized spacial score (nSPS) is 21.2. The van der Waals surface area contributed by atoms with Crippen LogP contribution in [0.15, 0.2) is 36.5 Å². The zero-order valence-corrected chi connectivity index (χ0v) is 14.8. The number of benzene rings is 1. The fourth-order valence-electron chi connectivity index (χ4n) is 3.79. The van der Waals surface area contributed by atoms with E-state index in [1.165, 1.54) is 13.2 Å². The van der Waals surface area contributed by atoms with Crippen LogP contribution in [-0.4, -0.2) is 28.9 Å². The van der Waals surface area contributed by atoms with Crippen LogP contribution in [0.1, 0.15) is 28.8 Å². The van der Waals surface area contributed by atoms with E-state index < -0.39 is 29.3 Å². The van der Waals surface area contributed by atoms with Crippen molar-refractivity contribution in [2.45, 2.75) is 31.1 Å². The third-order valence-electron chi connectivity index (χ3n) is 5.18. The fraction of sp³-hybridized carbons (Fsp3) is 0.316. The second-order valence-electron chi connectivity index (χ2n) is 6.80. The van der Waals surface area contributed by atoms with Crippen molar-refractivity contribution in [1.82, 2.24) is 15.2 Å². The molecule has 1 spiro atoms. The first-order valence-corrected chi connectivity index (χ1v) is 8.58. The van der Waals surface area contributed by atoms with E-state index in [0.29, 0.717) is 24.2 Å². The molecule has 1 aromatic heterocycles. The zero-order chi connectivity index (χ0) is 20.1. The topological polar surface area (TPSA) is 71.5 Å². The molecule has 6 nitrogen and oxygen atoms in total. The number of alkyl halides is 3. The molecule has 1 aromatic carbocycles. The van der Waals surface area contributed by atoms with Crippen molar-refractivity contribution in [3.63, 3.8) is 0 Å². The number of carbonyl (C=O) groups is 2. The van der Waals surface area contributed by atoms with Crippen LogP contribution < -0.4 is 10.1 Å². The van der Waals surface area contributed by atoms with Crippen molar-refractivity contribution in [2.75, 3.05) is 7.11 Å². The molecule has 4 rings (SSSR count). The number of carbonyl (C=O) groups excluding carboxylic acids is 2.